The average molecular weight is 292 g/mol. The Morgan fingerprint density at radius 1 is 1.40 bits per heavy atom. The lowest BCUT2D eigenvalue weighted by Gasteiger charge is -2.38. The van der Waals surface area contributed by atoms with Crippen molar-refractivity contribution >= 4 is 17.2 Å². The Balaban J connectivity index is 1.66. The van der Waals surface area contributed by atoms with E-state index >= 15 is 0 Å². The van der Waals surface area contributed by atoms with E-state index in [0.717, 1.165) is 50.3 Å². The predicted molar refractivity (Wildman–Crippen MR) is 83.5 cm³/mol. The number of likely N-dealkylation sites (tertiary alicyclic amines) is 1. The van der Waals surface area contributed by atoms with Gasteiger partial charge in [0, 0.05) is 24.5 Å². The predicted octanol–water partition coefficient (Wildman–Crippen LogP) is 2.83. The van der Waals surface area contributed by atoms with Crippen LogP contribution in [0.3, 0.4) is 0 Å². The minimum absolute atomic E-state index is 0.249. The molecule has 110 valence electrons. The zero-order valence-electron chi connectivity index (χ0n) is 12.5. The minimum Gasteiger partial charge on any atom is -0.338 e. The lowest BCUT2D eigenvalue weighted by atomic mass is 9.78. The number of amides is 1. The highest BCUT2D eigenvalue weighted by atomic mass is 32.1. The van der Waals surface area contributed by atoms with E-state index in [0.29, 0.717) is 5.41 Å². The number of nitrogens with one attached hydrogen (secondary N) is 1. The van der Waals surface area contributed by atoms with E-state index in [9.17, 15) is 4.79 Å². The highest BCUT2D eigenvalue weighted by molar-refractivity contribution is 7.14. The maximum Gasteiger partial charge on any atom is 0.263 e. The van der Waals surface area contributed by atoms with Gasteiger partial charge in [-0.05, 0) is 56.2 Å². The first-order valence-corrected chi connectivity index (χ1v) is 8.54. The molecule has 3 heterocycles. The molecule has 1 spiro atoms. The minimum atomic E-state index is 0.249. The van der Waals surface area contributed by atoms with E-state index in [1.165, 1.54) is 16.9 Å². The normalized spacial score (nSPS) is 21.6. The Bertz CT molecular complexity index is 493. The van der Waals surface area contributed by atoms with Gasteiger partial charge in [0.2, 0.25) is 0 Å². The molecule has 0 bridgehead atoms. The summed E-state index contributed by atoms with van der Waals surface area (Å²) in [6.45, 7) is 8.43. The molecule has 3 rings (SSSR count). The molecule has 2 aliphatic rings. The molecule has 1 amide bonds. The number of thiophene rings is 1. The summed E-state index contributed by atoms with van der Waals surface area (Å²) < 4.78 is 0. The number of piperidine rings is 1. The van der Waals surface area contributed by atoms with Crippen molar-refractivity contribution in [3.63, 3.8) is 0 Å². The molecule has 4 heteroatoms. The first-order chi connectivity index (χ1) is 9.63. The summed E-state index contributed by atoms with van der Waals surface area (Å²) >= 11 is 1.66. The Kier molecular flexibility index (Phi) is 3.87. The van der Waals surface area contributed by atoms with Gasteiger partial charge in [-0.15, -0.1) is 11.3 Å². The zero-order chi connectivity index (χ0) is 14.2. The molecular weight excluding hydrogens is 268 g/mol. The second-order valence-corrected chi connectivity index (χ2v) is 7.52. The SMILES string of the molecule is CCc1cc(C(=O)N2CCC3(CCNC3)CC2)sc1C. The number of carbonyl (C=O) groups is 1. The zero-order valence-corrected chi connectivity index (χ0v) is 13.3. The highest BCUT2D eigenvalue weighted by Gasteiger charge is 2.38. The fourth-order valence-corrected chi connectivity index (χ4v) is 4.62. The number of carbonyl (C=O) groups excluding carboxylic acids is 1. The third kappa shape index (κ3) is 2.51. The van der Waals surface area contributed by atoms with Gasteiger partial charge in [0.25, 0.3) is 5.91 Å². The third-order valence-electron chi connectivity index (χ3n) is 5.06. The van der Waals surface area contributed by atoms with E-state index in [1.54, 1.807) is 11.3 Å². The van der Waals surface area contributed by atoms with Crippen LogP contribution < -0.4 is 5.32 Å². The molecule has 0 atom stereocenters. The standard InChI is InChI=1S/C16H24N2OS/c1-3-13-10-14(20-12(13)2)15(19)18-8-5-16(6-9-18)4-7-17-11-16/h10,17H,3-9,11H2,1-2H3. The van der Waals surface area contributed by atoms with Crippen LogP contribution in [0.2, 0.25) is 0 Å². The van der Waals surface area contributed by atoms with Crippen LogP contribution >= 0.6 is 11.3 Å². The van der Waals surface area contributed by atoms with Crippen LogP contribution in [0.25, 0.3) is 0 Å². The molecule has 1 N–H and O–H groups in total. The molecule has 0 saturated carbocycles. The van der Waals surface area contributed by atoms with Crippen LogP contribution in [0.5, 0.6) is 0 Å². The van der Waals surface area contributed by atoms with Crippen molar-refractivity contribution < 1.29 is 4.79 Å². The van der Waals surface area contributed by atoms with Crippen molar-refractivity contribution in [3.8, 4) is 0 Å². The maximum atomic E-state index is 12.6. The molecule has 0 aliphatic carbocycles. The van der Waals surface area contributed by atoms with E-state index in [-0.39, 0.29) is 5.91 Å². The third-order valence-corrected chi connectivity index (χ3v) is 6.14. The van der Waals surface area contributed by atoms with Crippen molar-refractivity contribution in [2.75, 3.05) is 26.2 Å². The molecule has 0 aromatic carbocycles. The number of nitrogens with zero attached hydrogens (tertiary/aromatic N) is 1. The smallest absolute Gasteiger partial charge is 0.263 e. The van der Waals surface area contributed by atoms with Gasteiger partial charge in [-0.3, -0.25) is 4.79 Å². The van der Waals surface area contributed by atoms with E-state index in [1.807, 2.05) is 0 Å². The summed E-state index contributed by atoms with van der Waals surface area (Å²) in [6.07, 6.45) is 4.63. The summed E-state index contributed by atoms with van der Waals surface area (Å²) in [6, 6.07) is 2.10. The molecule has 0 unspecified atom stereocenters. The maximum absolute atomic E-state index is 12.6. The molecule has 2 saturated heterocycles. The van der Waals surface area contributed by atoms with Crippen LogP contribution in [-0.2, 0) is 6.42 Å². The summed E-state index contributed by atoms with van der Waals surface area (Å²) in [7, 11) is 0. The van der Waals surface area contributed by atoms with Crippen molar-refractivity contribution in [2.45, 2.75) is 39.5 Å². The topological polar surface area (TPSA) is 32.3 Å². The highest BCUT2D eigenvalue weighted by Crippen LogP contribution is 2.37. The van der Waals surface area contributed by atoms with E-state index < -0.39 is 0 Å². The Hall–Kier alpha value is -0.870. The molecule has 3 nitrogen and oxygen atoms in total. The molecule has 1 aromatic rings. The Morgan fingerprint density at radius 2 is 2.15 bits per heavy atom. The monoisotopic (exact) mass is 292 g/mol. The second-order valence-electron chi connectivity index (χ2n) is 6.26. The van der Waals surface area contributed by atoms with E-state index in [2.05, 4.69) is 30.1 Å². The molecular formula is C16H24N2OS. The summed E-state index contributed by atoms with van der Waals surface area (Å²) in [5.41, 5.74) is 1.81. The van der Waals surface area contributed by atoms with Crippen LogP contribution in [0.4, 0.5) is 0 Å². The van der Waals surface area contributed by atoms with Crippen LogP contribution in [0, 0.1) is 12.3 Å². The number of hydrogen-bond acceptors (Lipinski definition) is 3. The second kappa shape index (κ2) is 5.49. The van der Waals surface area contributed by atoms with Gasteiger partial charge in [-0.2, -0.15) is 0 Å². The van der Waals surface area contributed by atoms with Gasteiger partial charge < -0.3 is 10.2 Å². The lowest BCUT2D eigenvalue weighted by Crippen LogP contribution is -2.43. The molecule has 2 fully saturated rings. The van der Waals surface area contributed by atoms with Crippen LogP contribution in [-0.4, -0.2) is 37.0 Å². The molecule has 20 heavy (non-hydrogen) atoms. The molecule has 0 radical (unpaired) electrons. The number of aryl methyl sites for hydroxylation is 2. The quantitative estimate of drug-likeness (QED) is 0.909. The van der Waals surface area contributed by atoms with Gasteiger partial charge in [-0.25, -0.2) is 0 Å². The first kappa shape index (κ1) is 14.1. The fourth-order valence-electron chi connectivity index (χ4n) is 3.54. The van der Waals surface area contributed by atoms with Gasteiger partial charge in [0.15, 0.2) is 0 Å². The summed E-state index contributed by atoms with van der Waals surface area (Å²) in [5, 5.41) is 3.48. The first-order valence-electron chi connectivity index (χ1n) is 7.73. The fraction of sp³-hybridized carbons (Fsp3) is 0.688. The van der Waals surface area contributed by atoms with Gasteiger partial charge in [-0.1, -0.05) is 6.92 Å². The summed E-state index contributed by atoms with van der Waals surface area (Å²) in [4.78, 5) is 16.9. The number of hydrogen-bond donors (Lipinski definition) is 1. The van der Waals surface area contributed by atoms with Crippen LogP contribution in [0.1, 0.15) is 46.3 Å². The molecule has 1 aromatic heterocycles. The van der Waals surface area contributed by atoms with Crippen molar-refractivity contribution in [1.29, 1.82) is 0 Å². The van der Waals surface area contributed by atoms with E-state index in [4.69, 9.17) is 0 Å². The van der Waals surface area contributed by atoms with Crippen molar-refractivity contribution in [1.82, 2.24) is 10.2 Å². The Labute approximate surface area is 125 Å². The van der Waals surface area contributed by atoms with Gasteiger partial charge >= 0.3 is 0 Å². The number of rotatable bonds is 2. The largest absolute Gasteiger partial charge is 0.338 e. The molecule has 2 aliphatic heterocycles. The van der Waals surface area contributed by atoms with Gasteiger partial charge in [0.05, 0.1) is 4.88 Å². The average Bonchev–Trinajstić information content (AvgIpc) is 3.06. The van der Waals surface area contributed by atoms with Crippen molar-refractivity contribution in [2.24, 2.45) is 5.41 Å². The van der Waals surface area contributed by atoms with Crippen LogP contribution in [0.15, 0.2) is 6.07 Å². The Morgan fingerprint density at radius 3 is 2.70 bits per heavy atom. The van der Waals surface area contributed by atoms with Crippen molar-refractivity contribution in [3.05, 3.63) is 21.4 Å². The lowest BCUT2D eigenvalue weighted by molar-refractivity contribution is 0.0612. The van der Waals surface area contributed by atoms with Gasteiger partial charge in [0.1, 0.15) is 0 Å². The summed E-state index contributed by atoms with van der Waals surface area (Å²) in [5.74, 6) is 0.249.